The standard InChI is InChI=1S/C32H26N4O5/c1-40-25-14-10-22(11-15-25)33-31(38)21-7-5-8-24(18-21)35-36-29-27-9-4-3-6-20(27)19-28(30(29)37)32(39)34-23-12-16-26(41-2)17-13-23/h3-19,37H,1-2H3,(H,33,38)(H,34,39). The Bertz CT molecular complexity index is 1750. The third-order valence-electron chi connectivity index (χ3n) is 6.31. The Kier molecular flexibility index (Phi) is 7.87. The molecule has 5 rings (SSSR count). The minimum absolute atomic E-state index is 0.0427. The SMILES string of the molecule is COc1ccc(NC(=O)c2cccc(N=Nc3c(O)c(C(=O)Nc4ccc(OC)cc4)cc4ccccc34)c2)cc1. The molecule has 2 amide bonds. The zero-order valence-corrected chi connectivity index (χ0v) is 22.3. The van der Waals surface area contributed by atoms with Crippen molar-refractivity contribution in [1.29, 1.82) is 0 Å². The van der Waals surface area contributed by atoms with Crippen molar-refractivity contribution in [3.05, 3.63) is 114 Å². The number of benzene rings is 5. The molecule has 5 aromatic rings. The second-order valence-electron chi connectivity index (χ2n) is 8.96. The summed E-state index contributed by atoms with van der Waals surface area (Å²) in [5.41, 5.74) is 2.10. The average Bonchev–Trinajstić information content (AvgIpc) is 3.01. The van der Waals surface area contributed by atoms with Crippen molar-refractivity contribution in [3.8, 4) is 17.2 Å². The van der Waals surface area contributed by atoms with Gasteiger partial charge in [-0.2, -0.15) is 5.11 Å². The number of anilines is 2. The third-order valence-corrected chi connectivity index (χ3v) is 6.31. The van der Waals surface area contributed by atoms with Crippen molar-refractivity contribution < 1.29 is 24.2 Å². The van der Waals surface area contributed by atoms with Crippen LogP contribution in [-0.2, 0) is 0 Å². The first-order valence-electron chi connectivity index (χ1n) is 12.6. The topological polar surface area (TPSA) is 122 Å². The zero-order valence-electron chi connectivity index (χ0n) is 22.3. The van der Waals surface area contributed by atoms with E-state index >= 15 is 0 Å². The van der Waals surface area contributed by atoms with Crippen LogP contribution in [0.4, 0.5) is 22.7 Å². The second kappa shape index (κ2) is 12.0. The first-order valence-corrected chi connectivity index (χ1v) is 12.6. The fourth-order valence-electron chi connectivity index (χ4n) is 4.16. The molecule has 41 heavy (non-hydrogen) atoms. The summed E-state index contributed by atoms with van der Waals surface area (Å²) in [6.45, 7) is 0. The van der Waals surface area contributed by atoms with Gasteiger partial charge >= 0.3 is 0 Å². The number of nitrogens with one attached hydrogen (secondary N) is 2. The Hall–Kier alpha value is -5.70. The van der Waals surface area contributed by atoms with Crippen molar-refractivity contribution in [3.63, 3.8) is 0 Å². The molecule has 5 aromatic carbocycles. The van der Waals surface area contributed by atoms with E-state index < -0.39 is 5.91 Å². The predicted molar refractivity (Wildman–Crippen MR) is 158 cm³/mol. The van der Waals surface area contributed by atoms with Crippen LogP contribution in [0.25, 0.3) is 10.8 Å². The van der Waals surface area contributed by atoms with Crippen molar-refractivity contribution in [2.45, 2.75) is 0 Å². The smallest absolute Gasteiger partial charge is 0.259 e. The number of carbonyl (C=O) groups excluding carboxylic acids is 2. The molecule has 0 aliphatic rings. The van der Waals surface area contributed by atoms with E-state index in [2.05, 4.69) is 20.9 Å². The molecule has 0 saturated heterocycles. The van der Waals surface area contributed by atoms with Crippen molar-refractivity contribution in [1.82, 2.24) is 0 Å². The largest absolute Gasteiger partial charge is 0.505 e. The van der Waals surface area contributed by atoms with E-state index in [1.807, 2.05) is 18.2 Å². The minimum atomic E-state index is -0.507. The van der Waals surface area contributed by atoms with Crippen molar-refractivity contribution >= 4 is 45.3 Å². The zero-order chi connectivity index (χ0) is 28.8. The van der Waals surface area contributed by atoms with Gasteiger partial charge in [-0.1, -0.05) is 30.3 Å². The summed E-state index contributed by atoms with van der Waals surface area (Å²) in [5.74, 6) is 0.196. The van der Waals surface area contributed by atoms with Gasteiger partial charge in [-0.15, -0.1) is 5.11 Å². The lowest BCUT2D eigenvalue weighted by Gasteiger charge is -2.11. The molecule has 0 aromatic heterocycles. The summed E-state index contributed by atoms with van der Waals surface area (Å²) in [5, 5.41) is 26.7. The van der Waals surface area contributed by atoms with E-state index in [-0.39, 0.29) is 22.9 Å². The number of hydrogen-bond acceptors (Lipinski definition) is 7. The van der Waals surface area contributed by atoms with E-state index in [0.29, 0.717) is 44.9 Å². The highest BCUT2D eigenvalue weighted by Gasteiger charge is 2.19. The highest BCUT2D eigenvalue weighted by atomic mass is 16.5. The molecule has 204 valence electrons. The van der Waals surface area contributed by atoms with Gasteiger partial charge < -0.3 is 25.2 Å². The normalized spacial score (nSPS) is 10.9. The summed E-state index contributed by atoms with van der Waals surface area (Å²) >= 11 is 0. The molecule has 3 N–H and O–H groups in total. The van der Waals surface area contributed by atoms with Crippen LogP contribution in [0.2, 0.25) is 0 Å². The Balaban J connectivity index is 1.42. The van der Waals surface area contributed by atoms with Gasteiger partial charge in [0.25, 0.3) is 11.8 Å². The average molecular weight is 547 g/mol. The number of aromatic hydroxyl groups is 1. The maximum atomic E-state index is 13.1. The van der Waals surface area contributed by atoms with E-state index in [4.69, 9.17) is 9.47 Å². The van der Waals surface area contributed by atoms with Gasteiger partial charge in [-0.05, 0) is 78.2 Å². The lowest BCUT2D eigenvalue weighted by Crippen LogP contribution is -2.12. The number of methoxy groups -OCH3 is 2. The number of ether oxygens (including phenoxy) is 2. The molecule has 9 nitrogen and oxygen atoms in total. The Morgan fingerprint density at radius 2 is 1.29 bits per heavy atom. The summed E-state index contributed by atoms with van der Waals surface area (Å²) in [6, 6.07) is 29.3. The first-order chi connectivity index (χ1) is 19.9. The minimum Gasteiger partial charge on any atom is -0.505 e. The molecule has 0 saturated carbocycles. The van der Waals surface area contributed by atoms with Crippen LogP contribution < -0.4 is 20.1 Å². The number of azo groups is 1. The number of hydrogen-bond donors (Lipinski definition) is 3. The predicted octanol–water partition coefficient (Wildman–Crippen LogP) is 7.48. The third kappa shape index (κ3) is 6.15. The maximum absolute atomic E-state index is 13.1. The molecule has 0 aliphatic carbocycles. The number of fused-ring (bicyclic) bond motifs is 1. The summed E-state index contributed by atoms with van der Waals surface area (Å²) in [6.07, 6.45) is 0. The molecule has 0 heterocycles. The number of rotatable bonds is 8. The number of amides is 2. The molecular formula is C32H26N4O5. The number of phenols is 1. The van der Waals surface area contributed by atoms with Crippen LogP contribution in [0, 0.1) is 0 Å². The summed E-state index contributed by atoms with van der Waals surface area (Å²) in [4.78, 5) is 26.0. The molecule has 0 unspecified atom stereocenters. The Labute approximate surface area is 236 Å². The number of carbonyl (C=O) groups is 2. The van der Waals surface area contributed by atoms with Crippen LogP contribution in [0.5, 0.6) is 17.2 Å². The van der Waals surface area contributed by atoms with Crippen molar-refractivity contribution in [2.24, 2.45) is 10.2 Å². The molecule has 9 heteroatoms. The highest BCUT2D eigenvalue weighted by molar-refractivity contribution is 6.11. The molecular weight excluding hydrogens is 520 g/mol. The van der Waals surface area contributed by atoms with Crippen LogP contribution in [0.15, 0.2) is 113 Å². The van der Waals surface area contributed by atoms with Gasteiger partial charge in [-0.25, -0.2) is 0 Å². The van der Waals surface area contributed by atoms with Crippen LogP contribution in [0.3, 0.4) is 0 Å². The van der Waals surface area contributed by atoms with Gasteiger partial charge in [0.15, 0.2) is 5.75 Å². The van der Waals surface area contributed by atoms with E-state index in [1.165, 1.54) is 0 Å². The van der Waals surface area contributed by atoms with Gasteiger partial charge in [0.2, 0.25) is 0 Å². The molecule has 0 spiro atoms. The van der Waals surface area contributed by atoms with E-state index in [0.717, 1.165) is 0 Å². The molecule has 0 fully saturated rings. The van der Waals surface area contributed by atoms with Crippen LogP contribution in [-0.4, -0.2) is 31.1 Å². The van der Waals surface area contributed by atoms with Crippen LogP contribution in [0.1, 0.15) is 20.7 Å². The fourth-order valence-corrected chi connectivity index (χ4v) is 4.16. The fraction of sp³-hybridized carbons (Fsp3) is 0.0625. The van der Waals surface area contributed by atoms with Gasteiger partial charge in [0, 0.05) is 22.3 Å². The lowest BCUT2D eigenvalue weighted by molar-refractivity contribution is 0.101. The molecule has 0 atom stereocenters. The van der Waals surface area contributed by atoms with Gasteiger partial charge in [0.1, 0.15) is 17.2 Å². The highest BCUT2D eigenvalue weighted by Crippen LogP contribution is 2.39. The molecule has 0 bridgehead atoms. The quantitative estimate of drug-likeness (QED) is 0.174. The van der Waals surface area contributed by atoms with E-state index in [1.54, 1.807) is 99.1 Å². The number of nitrogens with zero attached hydrogens (tertiary/aromatic N) is 2. The summed E-state index contributed by atoms with van der Waals surface area (Å²) < 4.78 is 10.3. The summed E-state index contributed by atoms with van der Waals surface area (Å²) in [7, 11) is 3.13. The second-order valence-corrected chi connectivity index (χ2v) is 8.96. The van der Waals surface area contributed by atoms with Gasteiger partial charge in [-0.3, -0.25) is 9.59 Å². The number of phenolic OH excluding ortho intramolecular Hbond substituents is 1. The molecule has 0 radical (unpaired) electrons. The van der Waals surface area contributed by atoms with E-state index in [9.17, 15) is 14.7 Å². The Morgan fingerprint density at radius 1 is 0.683 bits per heavy atom. The monoisotopic (exact) mass is 546 g/mol. The van der Waals surface area contributed by atoms with Crippen LogP contribution >= 0.6 is 0 Å². The van der Waals surface area contributed by atoms with Gasteiger partial charge in [0.05, 0.1) is 25.5 Å². The van der Waals surface area contributed by atoms with Crippen molar-refractivity contribution in [2.75, 3.05) is 24.9 Å². The first kappa shape index (κ1) is 26.9. The maximum Gasteiger partial charge on any atom is 0.259 e. The Morgan fingerprint density at radius 3 is 1.93 bits per heavy atom. The lowest BCUT2D eigenvalue weighted by atomic mass is 10.0. The molecule has 0 aliphatic heterocycles.